The van der Waals surface area contributed by atoms with E-state index in [0.717, 1.165) is 30.6 Å². The summed E-state index contributed by atoms with van der Waals surface area (Å²) in [6.07, 6.45) is 2.69. The third kappa shape index (κ3) is 3.85. The van der Waals surface area contributed by atoms with Gasteiger partial charge in [0.05, 0.1) is 19.9 Å². The highest BCUT2D eigenvalue weighted by atomic mass is 32.1. The van der Waals surface area contributed by atoms with Crippen LogP contribution in [-0.2, 0) is 4.79 Å². The summed E-state index contributed by atoms with van der Waals surface area (Å²) in [7, 11) is 3.21. The molecule has 2 heterocycles. The molecule has 1 amide bonds. The van der Waals surface area contributed by atoms with Gasteiger partial charge in [0.2, 0.25) is 5.91 Å². The molecule has 1 fully saturated rings. The van der Waals surface area contributed by atoms with Crippen molar-refractivity contribution in [3.05, 3.63) is 23.6 Å². The second-order valence-electron chi connectivity index (χ2n) is 5.65. The summed E-state index contributed by atoms with van der Waals surface area (Å²) in [5.74, 6) is 1.33. The first-order chi connectivity index (χ1) is 11.7. The molecule has 1 atom stereocenters. The van der Waals surface area contributed by atoms with Gasteiger partial charge in [-0.3, -0.25) is 4.79 Å². The number of aromatic nitrogens is 1. The summed E-state index contributed by atoms with van der Waals surface area (Å²) in [6.45, 7) is 0.999. The average molecular weight is 347 g/mol. The van der Waals surface area contributed by atoms with Crippen LogP contribution in [-0.4, -0.2) is 37.7 Å². The fraction of sp³-hybridized carbons (Fsp3) is 0.412. The fourth-order valence-corrected chi connectivity index (χ4v) is 3.52. The minimum absolute atomic E-state index is 0.00242. The van der Waals surface area contributed by atoms with Gasteiger partial charge in [0, 0.05) is 23.4 Å². The molecule has 2 N–H and O–H groups in total. The van der Waals surface area contributed by atoms with Crippen LogP contribution in [0, 0.1) is 0 Å². The molecule has 1 aliphatic rings. The van der Waals surface area contributed by atoms with E-state index in [1.165, 1.54) is 11.3 Å². The summed E-state index contributed by atoms with van der Waals surface area (Å²) in [5, 5.41) is 8.74. The van der Waals surface area contributed by atoms with Crippen LogP contribution in [0.5, 0.6) is 11.5 Å². The first-order valence-corrected chi connectivity index (χ1v) is 8.78. The third-order valence-corrected chi connectivity index (χ3v) is 4.78. The van der Waals surface area contributed by atoms with Gasteiger partial charge in [0.1, 0.15) is 0 Å². The summed E-state index contributed by atoms with van der Waals surface area (Å²) >= 11 is 1.42. The van der Waals surface area contributed by atoms with Crippen LogP contribution in [0.2, 0.25) is 0 Å². The van der Waals surface area contributed by atoms with E-state index < -0.39 is 0 Å². The lowest BCUT2D eigenvalue weighted by molar-refractivity contribution is -0.116. The number of methoxy groups -OCH3 is 2. The smallest absolute Gasteiger partial charge is 0.227 e. The number of nitrogens with one attached hydrogen (secondary N) is 2. The Balaban J connectivity index is 1.67. The van der Waals surface area contributed by atoms with Crippen LogP contribution in [0.15, 0.2) is 23.6 Å². The SMILES string of the molecule is COc1ccc(-c2csc(NC(=O)CC3CCCN3)n2)cc1OC. The Labute approximate surface area is 145 Å². The molecule has 1 saturated heterocycles. The van der Waals surface area contributed by atoms with Gasteiger partial charge in [0.15, 0.2) is 16.6 Å². The summed E-state index contributed by atoms with van der Waals surface area (Å²) in [5.41, 5.74) is 1.72. The molecule has 0 spiro atoms. The Kier molecular flexibility index (Phi) is 5.32. The Hall–Kier alpha value is -2.12. The summed E-state index contributed by atoms with van der Waals surface area (Å²) < 4.78 is 10.6. The molecule has 0 radical (unpaired) electrons. The standard InChI is InChI=1S/C17H21N3O3S/c1-22-14-6-5-11(8-15(14)23-2)13-10-24-17(19-13)20-16(21)9-12-4-3-7-18-12/h5-6,8,10,12,18H,3-4,7,9H2,1-2H3,(H,19,20,21). The fourth-order valence-electron chi connectivity index (χ4n) is 2.78. The zero-order valence-corrected chi connectivity index (χ0v) is 14.6. The molecular weight excluding hydrogens is 326 g/mol. The number of nitrogens with zero attached hydrogens (tertiary/aromatic N) is 1. The molecule has 24 heavy (non-hydrogen) atoms. The number of carbonyl (C=O) groups is 1. The Morgan fingerprint density at radius 3 is 2.92 bits per heavy atom. The van der Waals surface area contributed by atoms with Gasteiger partial charge in [-0.1, -0.05) is 0 Å². The Bertz CT molecular complexity index is 711. The van der Waals surface area contributed by atoms with Crippen molar-refractivity contribution in [1.82, 2.24) is 10.3 Å². The van der Waals surface area contributed by atoms with Crippen LogP contribution < -0.4 is 20.1 Å². The highest BCUT2D eigenvalue weighted by molar-refractivity contribution is 7.14. The number of amides is 1. The van der Waals surface area contributed by atoms with Crippen molar-refractivity contribution >= 4 is 22.4 Å². The van der Waals surface area contributed by atoms with E-state index >= 15 is 0 Å². The molecule has 1 aromatic heterocycles. The average Bonchev–Trinajstić information content (AvgIpc) is 3.26. The lowest BCUT2D eigenvalue weighted by Gasteiger charge is -2.09. The molecule has 1 aliphatic heterocycles. The van der Waals surface area contributed by atoms with Crippen molar-refractivity contribution in [2.75, 3.05) is 26.1 Å². The van der Waals surface area contributed by atoms with E-state index in [1.807, 2.05) is 23.6 Å². The van der Waals surface area contributed by atoms with Crippen molar-refractivity contribution in [1.29, 1.82) is 0 Å². The maximum Gasteiger partial charge on any atom is 0.227 e. The minimum atomic E-state index is 0.00242. The van der Waals surface area contributed by atoms with E-state index in [0.29, 0.717) is 23.1 Å². The molecule has 0 bridgehead atoms. The predicted molar refractivity (Wildman–Crippen MR) is 94.9 cm³/mol. The first-order valence-electron chi connectivity index (χ1n) is 7.90. The first kappa shape index (κ1) is 16.7. The number of ether oxygens (including phenoxy) is 2. The van der Waals surface area contributed by atoms with Crippen LogP contribution in [0.1, 0.15) is 19.3 Å². The second kappa shape index (κ2) is 7.63. The second-order valence-corrected chi connectivity index (χ2v) is 6.51. The van der Waals surface area contributed by atoms with E-state index in [1.54, 1.807) is 14.2 Å². The van der Waals surface area contributed by atoms with Gasteiger partial charge in [-0.15, -0.1) is 11.3 Å². The highest BCUT2D eigenvalue weighted by Gasteiger charge is 2.18. The number of thiazole rings is 1. The van der Waals surface area contributed by atoms with Crippen molar-refractivity contribution in [3.63, 3.8) is 0 Å². The van der Waals surface area contributed by atoms with Gasteiger partial charge in [0.25, 0.3) is 0 Å². The van der Waals surface area contributed by atoms with Gasteiger partial charge in [-0.2, -0.15) is 0 Å². The molecule has 1 aromatic carbocycles. The van der Waals surface area contributed by atoms with E-state index in [2.05, 4.69) is 15.6 Å². The molecule has 0 saturated carbocycles. The molecule has 1 unspecified atom stereocenters. The maximum absolute atomic E-state index is 12.1. The number of benzene rings is 1. The zero-order valence-electron chi connectivity index (χ0n) is 13.8. The molecular formula is C17H21N3O3S. The summed E-state index contributed by atoms with van der Waals surface area (Å²) in [6, 6.07) is 5.93. The van der Waals surface area contributed by atoms with Gasteiger partial charge in [-0.25, -0.2) is 4.98 Å². The zero-order chi connectivity index (χ0) is 16.9. The number of anilines is 1. The largest absolute Gasteiger partial charge is 0.493 e. The lowest BCUT2D eigenvalue weighted by atomic mass is 10.1. The quantitative estimate of drug-likeness (QED) is 0.841. The van der Waals surface area contributed by atoms with E-state index in [-0.39, 0.29) is 11.9 Å². The van der Waals surface area contributed by atoms with Crippen molar-refractivity contribution in [3.8, 4) is 22.8 Å². The lowest BCUT2D eigenvalue weighted by Crippen LogP contribution is -2.27. The molecule has 2 aromatic rings. The number of hydrogen-bond acceptors (Lipinski definition) is 6. The predicted octanol–water partition coefficient (Wildman–Crippen LogP) is 2.91. The molecule has 128 valence electrons. The topological polar surface area (TPSA) is 72.5 Å². The summed E-state index contributed by atoms with van der Waals surface area (Å²) in [4.78, 5) is 16.6. The number of carbonyl (C=O) groups excluding carboxylic acids is 1. The van der Waals surface area contributed by atoms with Crippen molar-refractivity contribution in [2.45, 2.75) is 25.3 Å². The van der Waals surface area contributed by atoms with Crippen molar-refractivity contribution in [2.24, 2.45) is 0 Å². The van der Waals surface area contributed by atoms with Gasteiger partial charge < -0.3 is 20.1 Å². The molecule has 7 heteroatoms. The Morgan fingerprint density at radius 1 is 1.38 bits per heavy atom. The normalized spacial score (nSPS) is 16.8. The van der Waals surface area contributed by atoms with Crippen LogP contribution in [0.4, 0.5) is 5.13 Å². The molecule has 0 aliphatic carbocycles. The van der Waals surface area contributed by atoms with E-state index in [9.17, 15) is 4.79 Å². The highest BCUT2D eigenvalue weighted by Crippen LogP contribution is 2.33. The number of hydrogen-bond donors (Lipinski definition) is 2. The van der Waals surface area contributed by atoms with Crippen LogP contribution >= 0.6 is 11.3 Å². The van der Waals surface area contributed by atoms with E-state index in [4.69, 9.17) is 9.47 Å². The van der Waals surface area contributed by atoms with Crippen LogP contribution in [0.25, 0.3) is 11.3 Å². The van der Waals surface area contributed by atoms with Gasteiger partial charge in [-0.05, 0) is 37.6 Å². The van der Waals surface area contributed by atoms with Crippen LogP contribution in [0.3, 0.4) is 0 Å². The molecule has 3 rings (SSSR count). The maximum atomic E-state index is 12.1. The Morgan fingerprint density at radius 2 is 2.21 bits per heavy atom. The third-order valence-electron chi connectivity index (χ3n) is 4.02. The van der Waals surface area contributed by atoms with Crippen molar-refractivity contribution < 1.29 is 14.3 Å². The molecule has 6 nitrogen and oxygen atoms in total. The minimum Gasteiger partial charge on any atom is -0.493 e. The van der Waals surface area contributed by atoms with Gasteiger partial charge >= 0.3 is 0 Å². The number of rotatable bonds is 6. The monoisotopic (exact) mass is 347 g/mol.